The second-order valence-electron chi connectivity index (χ2n) is 5.98. The number of nitrogens with zero attached hydrogens (tertiary/aromatic N) is 1. The Morgan fingerprint density at radius 1 is 1.32 bits per heavy atom. The van der Waals surface area contributed by atoms with Crippen LogP contribution in [0.2, 0.25) is 0 Å². The number of carbonyl (C=O) groups is 1. The zero-order valence-corrected chi connectivity index (χ0v) is 12.3. The maximum Gasteiger partial charge on any atom is 0.228 e. The van der Waals surface area contributed by atoms with E-state index in [1.165, 1.54) is 0 Å². The third-order valence-corrected chi connectivity index (χ3v) is 4.52. The molecule has 1 amide bonds. The summed E-state index contributed by atoms with van der Waals surface area (Å²) in [5.41, 5.74) is 5.87. The van der Waals surface area contributed by atoms with Crippen molar-refractivity contribution in [1.82, 2.24) is 4.90 Å². The summed E-state index contributed by atoms with van der Waals surface area (Å²) in [5, 5.41) is 0. The van der Waals surface area contributed by atoms with Crippen molar-refractivity contribution >= 4 is 5.91 Å². The van der Waals surface area contributed by atoms with E-state index < -0.39 is 0 Å². The Morgan fingerprint density at radius 3 is 2.53 bits per heavy atom. The van der Waals surface area contributed by atoms with Crippen LogP contribution in [0.4, 0.5) is 0 Å². The number of hydrogen-bond acceptors (Lipinski definition) is 4. The standard InChI is InChI=1S/C14H26N2O3/c1-8-10(3)19-11(4)13(8)14(17)16-5-6-18-12(7-16)9(2)15/h8-13H,5-7,15H2,1-4H3. The number of nitrogens with two attached hydrogens (primary N) is 1. The SMILES string of the molecule is CC(N)C1CN(C(=O)C2C(C)OC(C)C2C)CCO1. The molecule has 2 N–H and O–H groups in total. The average molecular weight is 270 g/mol. The van der Waals surface area contributed by atoms with Crippen molar-refractivity contribution in [2.45, 2.75) is 52.0 Å². The Morgan fingerprint density at radius 2 is 2.00 bits per heavy atom. The van der Waals surface area contributed by atoms with Gasteiger partial charge in [0.05, 0.1) is 30.8 Å². The predicted octanol–water partition coefficient (Wildman–Crippen LogP) is 0.621. The maximum atomic E-state index is 12.7. The van der Waals surface area contributed by atoms with Crippen molar-refractivity contribution in [3.63, 3.8) is 0 Å². The van der Waals surface area contributed by atoms with Crippen molar-refractivity contribution in [3.8, 4) is 0 Å². The minimum atomic E-state index is -0.0527. The van der Waals surface area contributed by atoms with E-state index in [1.807, 2.05) is 25.7 Å². The molecule has 0 radical (unpaired) electrons. The molecular weight excluding hydrogens is 244 g/mol. The summed E-state index contributed by atoms with van der Waals surface area (Å²) in [4.78, 5) is 14.6. The third-order valence-electron chi connectivity index (χ3n) is 4.52. The molecule has 19 heavy (non-hydrogen) atoms. The van der Waals surface area contributed by atoms with Gasteiger partial charge < -0.3 is 20.1 Å². The van der Waals surface area contributed by atoms with Gasteiger partial charge in [0.25, 0.3) is 0 Å². The van der Waals surface area contributed by atoms with Crippen LogP contribution in [0.15, 0.2) is 0 Å². The molecule has 2 heterocycles. The van der Waals surface area contributed by atoms with E-state index in [0.717, 1.165) is 0 Å². The highest BCUT2D eigenvalue weighted by Crippen LogP contribution is 2.33. The van der Waals surface area contributed by atoms with Gasteiger partial charge >= 0.3 is 0 Å². The van der Waals surface area contributed by atoms with Gasteiger partial charge in [0.1, 0.15) is 0 Å². The Bertz CT molecular complexity index is 335. The number of ether oxygens (including phenoxy) is 2. The van der Waals surface area contributed by atoms with Crippen LogP contribution in [0.1, 0.15) is 27.7 Å². The van der Waals surface area contributed by atoms with Gasteiger partial charge in [0.2, 0.25) is 5.91 Å². The predicted molar refractivity (Wildman–Crippen MR) is 72.6 cm³/mol. The highest BCUT2D eigenvalue weighted by molar-refractivity contribution is 5.80. The molecule has 110 valence electrons. The van der Waals surface area contributed by atoms with Crippen molar-refractivity contribution in [2.24, 2.45) is 17.6 Å². The number of amides is 1. The van der Waals surface area contributed by atoms with Crippen LogP contribution in [0, 0.1) is 11.8 Å². The zero-order chi connectivity index (χ0) is 14.2. The van der Waals surface area contributed by atoms with E-state index in [9.17, 15) is 4.79 Å². The molecule has 2 aliphatic rings. The Kier molecular flexibility index (Phi) is 4.48. The number of carbonyl (C=O) groups excluding carboxylic acids is 1. The van der Waals surface area contributed by atoms with Crippen molar-refractivity contribution in [3.05, 3.63) is 0 Å². The highest BCUT2D eigenvalue weighted by Gasteiger charge is 2.44. The van der Waals surface area contributed by atoms with Gasteiger partial charge in [-0.1, -0.05) is 6.92 Å². The fraction of sp³-hybridized carbons (Fsp3) is 0.929. The minimum absolute atomic E-state index is 0.00547. The van der Waals surface area contributed by atoms with E-state index in [4.69, 9.17) is 15.2 Å². The summed E-state index contributed by atoms with van der Waals surface area (Å²) >= 11 is 0. The monoisotopic (exact) mass is 270 g/mol. The fourth-order valence-corrected chi connectivity index (χ4v) is 3.10. The molecule has 2 rings (SSSR count). The topological polar surface area (TPSA) is 64.8 Å². The first-order valence-electron chi connectivity index (χ1n) is 7.23. The van der Waals surface area contributed by atoms with Crippen molar-refractivity contribution in [2.75, 3.05) is 19.7 Å². The quantitative estimate of drug-likeness (QED) is 0.799. The lowest BCUT2D eigenvalue weighted by Crippen LogP contribution is -2.53. The van der Waals surface area contributed by atoms with Crippen LogP contribution in [0.3, 0.4) is 0 Å². The van der Waals surface area contributed by atoms with E-state index in [0.29, 0.717) is 19.7 Å². The zero-order valence-electron chi connectivity index (χ0n) is 12.3. The van der Waals surface area contributed by atoms with Crippen LogP contribution >= 0.6 is 0 Å². The molecule has 0 aromatic carbocycles. The lowest BCUT2D eigenvalue weighted by molar-refractivity contribution is -0.146. The van der Waals surface area contributed by atoms with Crippen LogP contribution in [0.25, 0.3) is 0 Å². The van der Waals surface area contributed by atoms with Crippen molar-refractivity contribution < 1.29 is 14.3 Å². The summed E-state index contributed by atoms with van der Waals surface area (Å²) < 4.78 is 11.4. The van der Waals surface area contributed by atoms with Crippen molar-refractivity contribution in [1.29, 1.82) is 0 Å². The molecule has 2 aliphatic heterocycles. The van der Waals surface area contributed by atoms with Gasteiger partial charge in [-0.25, -0.2) is 0 Å². The van der Waals surface area contributed by atoms with E-state index in [2.05, 4.69) is 6.92 Å². The third kappa shape index (κ3) is 2.93. The van der Waals surface area contributed by atoms with Gasteiger partial charge in [0.15, 0.2) is 0 Å². The summed E-state index contributed by atoms with van der Waals surface area (Å²) in [7, 11) is 0. The molecule has 0 aromatic heterocycles. The van der Waals surface area contributed by atoms with Crippen LogP contribution in [-0.4, -0.2) is 54.9 Å². The molecule has 5 heteroatoms. The van der Waals surface area contributed by atoms with E-state index in [-0.39, 0.29) is 42.1 Å². The number of morpholine rings is 1. The Hall–Kier alpha value is -0.650. The largest absolute Gasteiger partial charge is 0.374 e. The lowest BCUT2D eigenvalue weighted by Gasteiger charge is -2.37. The molecule has 5 nitrogen and oxygen atoms in total. The molecular formula is C14H26N2O3. The first-order chi connectivity index (χ1) is 8.91. The molecule has 6 atom stereocenters. The average Bonchev–Trinajstić information content (AvgIpc) is 2.62. The molecule has 6 unspecified atom stereocenters. The normalized spacial score (nSPS) is 41.3. The molecule has 0 bridgehead atoms. The summed E-state index contributed by atoms with van der Waals surface area (Å²) in [6.45, 7) is 9.88. The minimum Gasteiger partial charge on any atom is -0.374 e. The first kappa shape index (κ1) is 14.8. The smallest absolute Gasteiger partial charge is 0.228 e. The summed E-state index contributed by atoms with van der Waals surface area (Å²) in [5.74, 6) is 0.416. The first-order valence-corrected chi connectivity index (χ1v) is 7.23. The van der Waals surface area contributed by atoms with E-state index >= 15 is 0 Å². The number of rotatable bonds is 2. The maximum absolute atomic E-state index is 12.7. The summed E-state index contributed by atoms with van der Waals surface area (Å²) in [6, 6.07) is -0.0517. The fourth-order valence-electron chi connectivity index (χ4n) is 3.10. The van der Waals surface area contributed by atoms with Gasteiger partial charge in [-0.15, -0.1) is 0 Å². The lowest BCUT2D eigenvalue weighted by atomic mass is 9.88. The van der Waals surface area contributed by atoms with Crippen LogP contribution in [-0.2, 0) is 14.3 Å². The Labute approximate surface area is 115 Å². The van der Waals surface area contributed by atoms with E-state index in [1.54, 1.807) is 0 Å². The number of hydrogen-bond donors (Lipinski definition) is 1. The molecule has 2 saturated heterocycles. The van der Waals surface area contributed by atoms with Gasteiger partial charge in [-0.3, -0.25) is 4.79 Å². The van der Waals surface area contributed by atoms with Gasteiger partial charge in [-0.2, -0.15) is 0 Å². The molecule has 0 aliphatic carbocycles. The second-order valence-corrected chi connectivity index (χ2v) is 5.98. The van der Waals surface area contributed by atoms with Gasteiger partial charge in [0, 0.05) is 19.1 Å². The van der Waals surface area contributed by atoms with Crippen LogP contribution in [0.5, 0.6) is 0 Å². The molecule has 0 aromatic rings. The summed E-state index contributed by atoms with van der Waals surface area (Å²) in [6.07, 6.45) is 0.0892. The van der Waals surface area contributed by atoms with Crippen LogP contribution < -0.4 is 5.73 Å². The Balaban J connectivity index is 2.03. The molecule has 2 fully saturated rings. The second kappa shape index (κ2) is 5.77. The molecule has 0 saturated carbocycles. The highest BCUT2D eigenvalue weighted by atomic mass is 16.5. The molecule has 0 spiro atoms. The van der Waals surface area contributed by atoms with Gasteiger partial charge in [-0.05, 0) is 26.7 Å².